The van der Waals surface area contributed by atoms with Gasteiger partial charge in [-0.15, -0.1) is 0 Å². The SMILES string of the molecule is O=C(NCCC12CC3CC(CC(O)(C3)C1)C2)NCC1C2CCC21. The third-order valence-corrected chi connectivity index (χ3v) is 7.93. The zero-order valence-corrected chi connectivity index (χ0v) is 14.0. The molecule has 0 aromatic heterocycles. The van der Waals surface area contributed by atoms with E-state index in [1.165, 1.54) is 32.1 Å². The molecule has 128 valence electrons. The number of amides is 2. The molecule has 0 spiro atoms. The molecule has 23 heavy (non-hydrogen) atoms. The van der Waals surface area contributed by atoms with Gasteiger partial charge in [0, 0.05) is 13.1 Å². The molecule has 2 amide bonds. The van der Waals surface area contributed by atoms with E-state index in [-0.39, 0.29) is 11.6 Å². The summed E-state index contributed by atoms with van der Waals surface area (Å²) in [5, 5.41) is 16.9. The van der Waals surface area contributed by atoms with E-state index in [0.29, 0.717) is 5.41 Å². The Morgan fingerprint density at radius 3 is 2.35 bits per heavy atom. The van der Waals surface area contributed by atoms with Gasteiger partial charge in [-0.25, -0.2) is 4.79 Å². The van der Waals surface area contributed by atoms with E-state index in [1.807, 2.05) is 0 Å². The van der Waals surface area contributed by atoms with E-state index in [2.05, 4.69) is 10.6 Å². The lowest BCUT2D eigenvalue weighted by Crippen LogP contribution is -2.56. The molecule has 4 atom stereocenters. The van der Waals surface area contributed by atoms with Crippen LogP contribution in [0.3, 0.4) is 0 Å². The van der Waals surface area contributed by atoms with Crippen molar-refractivity contribution in [2.45, 2.75) is 63.4 Å². The van der Waals surface area contributed by atoms with Gasteiger partial charge >= 0.3 is 6.03 Å². The van der Waals surface area contributed by atoms with Crippen molar-refractivity contribution in [2.75, 3.05) is 13.1 Å². The molecule has 4 unspecified atom stereocenters. The molecule has 0 radical (unpaired) electrons. The fourth-order valence-corrected chi connectivity index (χ4v) is 7.22. The summed E-state index contributed by atoms with van der Waals surface area (Å²) in [6.45, 7) is 1.63. The molecule has 0 aromatic carbocycles. The average Bonchev–Trinajstić information content (AvgIpc) is 2.92. The monoisotopic (exact) mass is 318 g/mol. The van der Waals surface area contributed by atoms with Crippen LogP contribution in [-0.2, 0) is 0 Å². The molecule has 0 aromatic rings. The molecule has 6 fully saturated rings. The van der Waals surface area contributed by atoms with Gasteiger partial charge in [0.1, 0.15) is 0 Å². The van der Waals surface area contributed by atoms with Crippen molar-refractivity contribution in [3.63, 3.8) is 0 Å². The van der Waals surface area contributed by atoms with Crippen LogP contribution in [0.25, 0.3) is 0 Å². The van der Waals surface area contributed by atoms with Crippen LogP contribution < -0.4 is 10.6 Å². The number of aliphatic hydroxyl groups is 1. The molecule has 6 saturated carbocycles. The highest BCUT2D eigenvalue weighted by molar-refractivity contribution is 5.73. The Labute approximate surface area is 138 Å². The van der Waals surface area contributed by atoms with Crippen molar-refractivity contribution in [1.82, 2.24) is 10.6 Å². The Kier molecular flexibility index (Phi) is 3.08. The molecule has 6 aliphatic rings. The smallest absolute Gasteiger partial charge is 0.314 e. The molecule has 4 nitrogen and oxygen atoms in total. The maximum absolute atomic E-state index is 12.0. The minimum absolute atomic E-state index is 0.0136. The maximum atomic E-state index is 12.0. The summed E-state index contributed by atoms with van der Waals surface area (Å²) in [6, 6.07) is 0.0136. The quantitative estimate of drug-likeness (QED) is 0.730. The first-order valence-electron chi connectivity index (χ1n) is 9.78. The van der Waals surface area contributed by atoms with Crippen molar-refractivity contribution < 1.29 is 9.90 Å². The maximum Gasteiger partial charge on any atom is 0.314 e. The summed E-state index contributed by atoms with van der Waals surface area (Å²) in [5.74, 6) is 4.12. The second-order valence-corrected chi connectivity index (χ2v) is 9.64. The minimum atomic E-state index is -0.377. The van der Waals surface area contributed by atoms with E-state index in [0.717, 1.165) is 68.4 Å². The van der Waals surface area contributed by atoms with E-state index < -0.39 is 0 Å². The van der Waals surface area contributed by atoms with Crippen LogP contribution in [0.15, 0.2) is 0 Å². The van der Waals surface area contributed by atoms with Gasteiger partial charge in [0.15, 0.2) is 0 Å². The molecule has 4 bridgehead atoms. The molecule has 3 N–H and O–H groups in total. The normalized spacial score (nSPS) is 51.8. The van der Waals surface area contributed by atoms with Gasteiger partial charge in [-0.05, 0) is 92.8 Å². The van der Waals surface area contributed by atoms with Gasteiger partial charge in [0.25, 0.3) is 0 Å². The first-order valence-corrected chi connectivity index (χ1v) is 9.78. The Balaban J connectivity index is 1.09. The Hall–Kier alpha value is -0.770. The zero-order valence-electron chi connectivity index (χ0n) is 14.0. The van der Waals surface area contributed by atoms with Crippen LogP contribution in [0, 0.1) is 35.0 Å². The largest absolute Gasteiger partial charge is 0.390 e. The lowest BCUT2D eigenvalue weighted by atomic mass is 9.47. The third kappa shape index (κ3) is 2.48. The van der Waals surface area contributed by atoms with Gasteiger partial charge in [0.2, 0.25) is 0 Å². The predicted molar refractivity (Wildman–Crippen MR) is 87.8 cm³/mol. The van der Waals surface area contributed by atoms with Crippen LogP contribution in [-0.4, -0.2) is 29.8 Å². The van der Waals surface area contributed by atoms with E-state index in [1.54, 1.807) is 0 Å². The number of rotatable bonds is 5. The first-order chi connectivity index (χ1) is 11.0. The minimum Gasteiger partial charge on any atom is -0.390 e. The topological polar surface area (TPSA) is 61.4 Å². The number of nitrogens with one attached hydrogen (secondary N) is 2. The summed E-state index contributed by atoms with van der Waals surface area (Å²) in [5.41, 5.74) is -0.0701. The highest BCUT2D eigenvalue weighted by Crippen LogP contribution is 2.63. The molecule has 6 rings (SSSR count). The van der Waals surface area contributed by atoms with E-state index in [4.69, 9.17) is 0 Å². The van der Waals surface area contributed by atoms with Crippen molar-refractivity contribution in [3.05, 3.63) is 0 Å². The van der Waals surface area contributed by atoms with Crippen molar-refractivity contribution in [3.8, 4) is 0 Å². The van der Waals surface area contributed by atoms with Gasteiger partial charge < -0.3 is 15.7 Å². The van der Waals surface area contributed by atoms with Crippen LogP contribution in [0.4, 0.5) is 4.79 Å². The van der Waals surface area contributed by atoms with Gasteiger partial charge in [-0.2, -0.15) is 0 Å². The van der Waals surface area contributed by atoms with Crippen molar-refractivity contribution in [1.29, 1.82) is 0 Å². The Bertz CT molecular complexity index is 495. The number of carbonyl (C=O) groups excluding carboxylic acids is 1. The molecular formula is C19H30N2O2. The Morgan fingerprint density at radius 2 is 1.74 bits per heavy atom. The number of fused-ring (bicyclic) bond motifs is 1. The lowest BCUT2D eigenvalue weighted by Gasteiger charge is -2.60. The summed E-state index contributed by atoms with van der Waals surface area (Å²) < 4.78 is 0. The average molecular weight is 318 g/mol. The van der Waals surface area contributed by atoms with Crippen molar-refractivity contribution in [2.24, 2.45) is 35.0 Å². The van der Waals surface area contributed by atoms with Crippen LogP contribution >= 0.6 is 0 Å². The third-order valence-electron chi connectivity index (χ3n) is 7.93. The number of hydrogen-bond donors (Lipinski definition) is 3. The molecule has 4 heteroatoms. The summed E-state index contributed by atoms with van der Waals surface area (Å²) >= 11 is 0. The first kappa shape index (κ1) is 14.6. The second-order valence-electron chi connectivity index (χ2n) is 9.64. The molecular weight excluding hydrogens is 288 g/mol. The molecule has 0 heterocycles. The Morgan fingerprint density at radius 1 is 1.04 bits per heavy atom. The molecule has 0 saturated heterocycles. The number of urea groups is 1. The van der Waals surface area contributed by atoms with Crippen LogP contribution in [0.1, 0.15) is 57.8 Å². The highest BCUT2D eigenvalue weighted by Gasteiger charge is 2.57. The standard InChI is InChI=1S/C19H30N2O2/c22-17(21-10-16-14-1-2-15(14)16)20-4-3-18-6-12-5-13(7-18)9-19(23,8-12)11-18/h12-16,23H,1-11H2,(H2,20,21,22). The highest BCUT2D eigenvalue weighted by atomic mass is 16.3. The molecule has 6 aliphatic carbocycles. The fraction of sp³-hybridized carbons (Fsp3) is 0.947. The van der Waals surface area contributed by atoms with Gasteiger partial charge in [-0.1, -0.05) is 0 Å². The molecule has 0 aliphatic heterocycles. The fourth-order valence-electron chi connectivity index (χ4n) is 7.22. The van der Waals surface area contributed by atoms with Crippen LogP contribution in [0.5, 0.6) is 0 Å². The van der Waals surface area contributed by atoms with Gasteiger partial charge in [0.05, 0.1) is 5.60 Å². The number of hydrogen-bond acceptors (Lipinski definition) is 2. The van der Waals surface area contributed by atoms with E-state index in [9.17, 15) is 9.90 Å². The second kappa shape index (κ2) is 4.87. The van der Waals surface area contributed by atoms with Gasteiger partial charge in [-0.3, -0.25) is 0 Å². The number of carbonyl (C=O) groups is 1. The van der Waals surface area contributed by atoms with Crippen LogP contribution in [0.2, 0.25) is 0 Å². The summed E-state index contributed by atoms with van der Waals surface area (Å²) in [6.07, 6.45) is 10.7. The summed E-state index contributed by atoms with van der Waals surface area (Å²) in [7, 11) is 0. The summed E-state index contributed by atoms with van der Waals surface area (Å²) in [4.78, 5) is 12.0. The zero-order chi connectivity index (χ0) is 15.7. The predicted octanol–water partition coefficient (Wildman–Crippen LogP) is 2.66. The lowest BCUT2D eigenvalue weighted by molar-refractivity contribution is -0.165. The van der Waals surface area contributed by atoms with E-state index >= 15 is 0 Å². The van der Waals surface area contributed by atoms with Crippen molar-refractivity contribution >= 4 is 6.03 Å².